The molecule has 1 aromatic carbocycles. The zero-order valence-corrected chi connectivity index (χ0v) is 12.2. The van der Waals surface area contributed by atoms with Gasteiger partial charge >= 0.3 is 0 Å². The van der Waals surface area contributed by atoms with Gasteiger partial charge in [0.25, 0.3) is 0 Å². The minimum atomic E-state index is -0.439. The highest BCUT2D eigenvalue weighted by Crippen LogP contribution is 2.26. The maximum atomic E-state index is 11.4. The van der Waals surface area contributed by atoms with Crippen molar-refractivity contribution < 1.29 is 18.6 Å². The van der Waals surface area contributed by atoms with Crippen LogP contribution in [-0.2, 0) is 9.47 Å². The van der Waals surface area contributed by atoms with Crippen molar-refractivity contribution >= 4 is 11.1 Å². The molecule has 6 heteroatoms. The standard InChI is InChI=1S/C16H15NO5/c1-19-16(20-2)9-21-11-4-6-13-15(8-11)22-14-7-10(18)3-5-12(14)17-13/h3-8,16H,9H2,1-2H3. The number of fused-ring (bicyclic) bond motifs is 2. The van der Waals surface area contributed by atoms with Crippen molar-refractivity contribution in [3.05, 3.63) is 46.6 Å². The highest BCUT2D eigenvalue weighted by molar-refractivity contribution is 5.77. The van der Waals surface area contributed by atoms with Crippen LogP contribution in [0.25, 0.3) is 22.6 Å². The van der Waals surface area contributed by atoms with E-state index in [2.05, 4.69) is 4.98 Å². The third-order valence-electron chi connectivity index (χ3n) is 3.24. The molecule has 0 bridgehead atoms. The normalized spacial score (nSPS) is 11.4. The summed E-state index contributed by atoms with van der Waals surface area (Å²) in [4.78, 5) is 15.8. The van der Waals surface area contributed by atoms with Gasteiger partial charge in [-0.25, -0.2) is 4.98 Å². The Balaban J connectivity index is 1.93. The Kier molecular flexibility index (Phi) is 4.04. The van der Waals surface area contributed by atoms with Gasteiger partial charge in [-0.05, 0) is 24.3 Å². The molecule has 0 N–H and O–H groups in total. The van der Waals surface area contributed by atoms with Gasteiger partial charge in [0.1, 0.15) is 23.6 Å². The first-order valence-corrected chi connectivity index (χ1v) is 6.72. The summed E-state index contributed by atoms with van der Waals surface area (Å²) in [6, 6.07) is 9.84. The van der Waals surface area contributed by atoms with Crippen LogP contribution in [0.2, 0.25) is 0 Å². The molecule has 22 heavy (non-hydrogen) atoms. The summed E-state index contributed by atoms with van der Waals surface area (Å²) in [5, 5.41) is 0. The summed E-state index contributed by atoms with van der Waals surface area (Å²) in [6.45, 7) is 0.254. The van der Waals surface area contributed by atoms with E-state index in [1.54, 1.807) is 38.5 Å². The van der Waals surface area contributed by atoms with Crippen molar-refractivity contribution in [3.8, 4) is 17.2 Å². The maximum absolute atomic E-state index is 11.4. The van der Waals surface area contributed by atoms with Crippen LogP contribution in [0.5, 0.6) is 5.75 Å². The molecule has 3 rings (SSSR count). The summed E-state index contributed by atoms with van der Waals surface area (Å²) < 4.78 is 21.4. The molecule has 0 amide bonds. The fourth-order valence-electron chi connectivity index (χ4n) is 2.07. The zero-order valence-electron chi connectivity index (χ0n) is 12.2. The van der Waals surface area contributed by atoms with Crippen molar-refractivity contribution in [3.63, 3.8) is 0 Å². The molecule has 0 aromatic heterocycles. The first-order chi connectivity index (χ1) is 10.7. The van der Waals surface area contributed by atoms with E-state index in [0.29, 0.717) is 28.3 Å². The lowest BCUT2D eigenvalue weighted by Crippen LogP contribution is -2.21. The lowest BCUT2D eigenvalue weighted by atomic mass is 10.2. The molecule has 2 aliphatic rings. The molecule has 0 saturated heterocycles. The van der Waals surface area contributed by atoms with Crippen LogP contribution >= 0.6 is 0 Å². The summed E-state index contributed by atoms with van der Waals surface area (Å²) in [5.74, 6) is 1.05. The molecule has 1 aliphatic heterocycles. The van der Waals surface area contributed by atoms with E-state index in [4.69, 9.17) is 18.6 Å². The van der Waals surface area contributed by atoms with Crippen molar-refractivity contribution in [2.75, 3.05) is 20.8 Å². The highest BCUT2D eigenvalue weighted by atomic mass is 16.7. The van der Waals surface area contributed by atoms with Crippen molar-refractivity contribution in [2.45, 2.75) is 6.29 Å². The summed E-state index contributed by atoms with van der Waals surface area (Å²) >= 11 is 0. The van der Waals surface area contributed by atoms with Gasteiger partial charge in [0.05, 0.1) is 0 Å². The molecule has 1 aliphatic carbocycles. The topological polar surface area (TPSA) is 70.8 Å². The van der Waals surface area contributed by atoms with E-state index in [0.717, 1.165) is 0 Å². The molecular formula is C16H15NO5. The number of ether oxygens (including phenoxy) is 3. The highest BCUT2D eigenvalue weighted by Gasteiger charge is 2.11. The van der Waals surface area contributed by atoms with Crippen LogP contribution in [-0.4, -0.2) is 32.1 Å². The lowest BCUT2D eigenvalue weighted by molar-refractivity contribution is -0.121. The second-order valence-corrected chi connectivity index (χ2v) is 4.68. The second-order valence-electron chi connectivity index (χ2n) is 4.68. The Hall–Kier alpha value is -2.44. The molecule has 0 spiro atoms. The van der Waals surface area contributed by atoms with Gasteiger partial charge < -0.3 is 18.6 Å². The molecule has 0 radical (unpaired) electrons. The number of aromatic nitrogens is 1. The Morgan fingerprint density at radius 2 is 1.95 bits per heavy atom. The van der Waals surface area contributed by atoms with Gasteiger partial charge in [0.15, 0.2) is 23.1 Å². The number of rotatable bonds is 5. The largest absolute Gasteiger partial charge is 0.488 e. The van der Waals surface area contributed by atoms with Crippen LogP contribution in [0, 0.1) is 0 Å². The van der Waals surface area contributed by atoms with Crippen molar-refractivity contribution in [1.82, 2.24) is 4.98 Å². The molecule has 0 fully saturated rings. The smallest absolute Gasteiger partial charge is 0.191 e. The SMILES string of the molecule is COC(COc1ccc2nc3ccc(=O)cc-3oc2c1)OC. The van der Waals surface area contributed by atoms with E-state index in [1.165, 1.54) is 12.1 Å². The monoisotopic (exact) mass is 301 g/mol. The van der Waals surface area contributed by atoms with Crippen molar-refractivity contribution in [2.24, 2.45) is 0 Å². The third kappa shape index (κ3) is 2.93. The number of methoxy groups -OCH3 is 2. The van der Waals surface area contributed by atoms with Crippen LogP contribution < -0.4 is 10.2 Å². The molecule has 0 saturated carbocycles. The Morgan fingerprint density at radius 3 is 2.73 bits per heavy atom. The summed E-state index contributed by atoms with van der Waals surface area (Å²) in [7, 11) is 3.09. The van der Waals surface area contributed by atoms with Gasteiger partial charge in [-0.2, -0.15) is 0 Å². The molecule has 6 nitrogen and oxygen atoms in total. The van der Waals surface area contributed by atoms with E-state index in [-0.39, 0.29) is 12.0 Å². The Morgan fingerprint density at radius 1 is 1.14 bits per heavy atom. The van der Waals surface area contributed by atoms with E-state index in [9.17, 15) is 4.79 Å². The Labute approximate surface area is 126 Å². The molecule has 0 atom stereocenters. The maximum Gasteiger partial charge on any atom is 0.191 e. The minimum Gasteiger partial charge on any atom is -0.488 e. The van der Waals surface area contributed by atoms with Crippen LogP contribution in [0.15, 0.2) is 45.6 Å². The van der Waals surface area contributed by atoms with Gasteiger partial charge in [0.2, 0.25) is 0 Å². The van der Waals surface area contributed by atoms with Gasteiger partial charge in [-0.1, -0.05) is 0 Å². The fraction of sp³-hybridized carbons (Fsp3) is 0.250. The molecule has 0 unspecified atom stereocenters. The fourth-order valence-corrected chi connectivity index (χ4v) is 2.07. The molecule has 114 valence electrons. The van der Waals surface area contributed by atoms with Gasteiger partial charge in [-0.3, -0.25) is 4.79 Å². The summed E-state index contributed by atoms with van der Waals surface area (Å²) in [6.07, 6.45) is -0.439. The average molecular weight is 301 g/mol. The van der Waals surface area contributed by atoms with E-state index < -0.39 is 6.29 Å². The minimum absolute atomic E-state index is 0.118. The molecule has 1 aromatic rings. The number of nitrogens with zero attached hydrogens (tertiary/aromatic N) is 1. The third-order valence-corrected chi connectivity index (χ3v) is 3.24. The lowest BCUT2D eigenvalue weighted by Gasteiger charge is -2.14. The Bertz CT molecular complexity index is 809. The quantitative estimate of drug-likeness (QED) is 0.532. The average Bonchev–Trinajstić information content (AvgIpc) is 2.53. The van der Waals surface area contributed by atoms with E-state index in [1.807, 2.05) is 0 Å². The van der Waals surface area contributed by atoms with Crippen molar-refractivity contribution in [1.29, 1.82) is 0 Å². The van der Waals surface area contributed by atoms with Crippen LogP contribution in [0.4, 0.5) is 0 Å². The van der Waals surface area contributed by atoms with E-state index >= 15 is 0 Å². The first kappa shape index (κ1) is 14.5. The summed E-state index contributed by atoms with van der Waals surface area (Å²) in [5.41, 5.74) is 1.75. The number of hydrogen-bond acceptors (Lipinski definition) is 6. The molecule has 1 heterocycles. The van der Waals surface area contributed by atoms with Gasteiger partial charge in [-0.15, -0.1) is 0 Å². The predicted octanol–water partition coefficient (Wildman–Crippen LogP) is 2.29. The second kappa shape index (κ2) is 6.13. The first-order valence-electron chi connectivity index (χ1n) is 6.72. The van der Waals surface area contributed by atoms with Crippen LogP contribution in [0.3, 0.4) is 0 Å². The number of benzene rings is 2. The number of hydrogen-bond donors (Lipinski definition) is 0. The predicted molar refractivity (Wildman–Crippen MR) is 80.2 cm³/mol. The van der Waals surface area contributed by atoms with Crippen LogP contribution in [0.1, 0.15) is 0 Å². The molecular weight excluding hydrogens is 286 g/mol. The zero-order chi connectivity index (χ0) is 15.5. The van der Waals surface area contributed by atoms with Gasteiger partial charge in [0, 0.05) is 26.4 Å².